The molecule has 0 saturated carbocycles. The van der Waals surface area contributed by atoms with Crippen LogP contribution >= 0.6 is 0 Å². The minimum absolute atomic E-state index is 0.0970. The fraction of sp³-hybridized carbons (Fsp3) is 0.688. The Labute approximate surface area is 161 Å². The van der Waals surface area contributed by atoms with Crippen molar-refractivity contribution in [3.8, 4) is 0 Å². The second-order valence-electron chi connectivity index (χ2n) is 7.93. The average molecular weight is 396 g/mol. The molecule has 1 aromatic carbocycles. The summed E-state index contributed by atoms with van der Waals surface area (Å²) >= 11 is 0. The number of nitrogens with one attached hydrogen (secondary N) is 1. The van der Waals surface area contributed by atoms with Crippen molar-refractivity contribution in [2.45, 2.75) is 30.2 Å². The minimum Gasteiger partial charge on any atom is -0.480 e. The van der Waals surface area contributed by atoms with Crippen molar-refractivity contribution in [3.63, 3.8) is 0 Å². The van der Waals surface area contributed by atoms with Gasteiger partial charge < -0.3 is 41.6 Å². The molecule has 154 valence electrons. The predicted molar refractivity (Wildman–Crippen MR) is 102 cm³/mol. The van der Waals surface area contributed by atoms with Crippen LogP contribution in [0.1, 0.15) is 12.8 Å². The third kappa shape index (κ3) is 3.65. The molecular weight excluding hydrogens is 371 g/mol. The van der Waals surface area contributed by atoms with E-state index in [4.69, 9.17) is 26.3 Å². The molecule has 11 nitrogen and oxygen atoms in total. The molecule has 0 aliphatic carbocycles. The molecule has 8 N–H and O–H groups in total. The zero-order valence-electron chi connectivity index (χ0n) is 15.4. The van der Waals surface area contributed by atoms with E-state index in [1.54, 1.807) is 0 Å². The van der Waals surface area contributed by atoms with Gasteiger partial charge >= 0.3 is 13.1 Å². The van der Waals surface area contributed by atoms with E-state index in [1.807, 2.05) is 0 Å². The Morgan fingerprint density at radius 1 is 1.29 bits per heavy atom. The first-order chi connectivity index (χ1) is 13.1. The molecular formula is C16H25BN4O7. The SMILES string of the molecule is NC1(CNc2c(N3C[C@H](CCCB(O)O)[C@](N)(C(=O)O)C3)c(=O)c2=O)COC1. The van der Waals surface area contributed by atoms with Crippen molar-refractivity contribution < 1.29 is 24.7 Å². The molecule has 2 heterocycles. The van der Waals surface area contributed by atoms with Crippen molar-refractivity contribution in [2.75, 3.05) is 43.1 Å². The predicted octanol–water partition coefficient (Wildman–Crippen LogP) is -3.11. The number of nitrogens with two attached hydrogens (primary N) is 2. The van der Waals surface area contributed by atoms with Gasteiger partial charge in [-0.1, -0.05) is 6.42 Å². The molecule has 0 unspecified atom stereocenters. The molecule has 0 aromatic heterocycles. The Bertz CT molecular complexity index is 820. The van der Waals surface area contributed by atoms with E-state index in [1.165, 1.54) is 4.90 Å². The number of rotatable bonds is 9. The van der Waals surface area contributed by atoms with Crippen molar-refractivity contribution >= 4 is 24.5 Å². The van der Waals surface area contributed by atoms with Gasteiger partial charge in [-0.25, -0.2) is 0 Å². The van der Waals surface area contributed by atoms with Gasteiger partial charge in [-0.3, -0.25) is 14.4 Å². The third-order valence-corrected chi connectivity index (χ3v) is 5.63. The van der Waals surface area contributed by atoms with Crippen molar-refractivity contribution in [1.29, 1.82) is 0 Å². The van der Waals surface area contributed by atoms with Gasteiger partial charge in [0.25, 0.3) is 10.9 Å². The highest BCUT2D eigenvalue weighted by molar-refractivity contribution is 6.40. The highest BCUT2D eigenvalue weighted by Crippen LogP contribution is 2.35. The zero-order chi connectivity index (χ0) is 20.7. The number of aliphatic carboxylic acids is 1. The Kier molecular flexibility index (Phi) is 5.52. The smallest absolute Gasteiger partial charge is 0.451 e. The van der Waals surface area contributed by atoms with Crippen LogP contribution in [0.2, 0.25) is 6.32 Å². The number of ether oxygens (including phenoxy) is 1. The molecule has 0 radical (unpaired) electrons. The Hall–Kier alpha value is -1.99. The number of anilines is 2. The number of carboxylic acids is 1. The first-order valence-corrected chi connectivity index (χ1v) is 9.14. The van der Waals surface area contributed by atoms with Gasteiger partial charge in [-0.15, -0.1) is 0 Å². The Morgan fingerprint density at radius 2 is 1.96 bits per heavy atom. The van der Waals surface area contributed by atoms with Gasteiger partial charge in [-0.05, 0) is 12.7 Å². The largest absolute Gasteiger partial charge is 0.480 e. The van der Waals surface area contributed by atoms with Crippen LogP contribution in [0.3, 0.4) is 0 Å². The molecule has 0 amide bonds. The van der Waals surface area contributed by atoms with Crippen LogP contribution < -0.4 is 32.5 Å². The monoisotopic (exact) mass is 396 g/mol. The van der Waals surface area contributed by atoms with E-state index < -0.39 is 40.9 Å². The number of carboxylic acid groups (broad SMARTS) is 1. The second kappa shape index (κ2) is 7.45. The van der Waals surface area contributed by atoms with Crippen molar-refractivity contribution in [2.24, 2.45) is 17.4 Å². The number of carbonyl (C=O) groups is 1. The first-order valence-electron chi connectivity index (χ1n) is 9.14. The molecule has 28 heavy (non-hydrogen) atoms. The fourth-order valence-electron chi connectivity index (χ4n) is 3.82. The topological polar surface area (TPSA) is 188 Å². The van der Waals surface area contributed by atoms with Crippen LogP contribution in [0.15, 0.2) is 9.59 Å². The molecule has 0 spiro atoms. The standard InChI is InChI=1S/C16H25BN4O7/c18-15(7-28-8-15)5-20-10-11(13(23)12(10)22)21-4-9(2-1-3-17(26)27)16(19,6-21)14(24)25/h9,20,26-27H,1-8,18-19H2,(H,24,25)/t9-,16-/m0/s1. The molecule has 0 bridgehead atoms. The first kappa shape index (κ1) is 20.7. The second-order valence-corrected chi connectivity index (χ2v) is 7.93. The van der Waals surface area contributed by atoms with Crippen LogP contribution in [-0.2, 0) is 9.53 Å². The molecule has 2 saturated heterocycles. The van der Waals surface area contributed by atoms with E-state index in [2.05, 4.69) is 5.32 Å². The van der Waals surface area contributed by atoms with Crippen LogP contribution in [0, 0.1) is 5.92 Å². The lowest BCUT2D eigenvalue weighted by atomic mass is 9.78. The van der Waals surface area contributed by atoms with Crippen LogP contribution in [-0.4, -0.2) is 72.2 Å². The van der Waals surface area contributed by atoms with E-state index in [0.29, 0.717) is 26.1 Å². The van der Waals surface area contributed by atoms with Crippen LogP contribution in [0.5, 0.6) is 0 Å². The van der Waals surface area contributed by atoms with Gasteiger partial charge in [0, 0.05) is 25.6 Å². The van der Waals surface area contributed by atoms with Gasteiger partial charge in [0.2, 0.25) is 0 Å². The normalized spacial score (nSPS) is 26.3. The summed E-state index contributed by atoms with van der Waals surface area (Å²) in [7, 11) is -1.47. The molecule has 2 atom stereocenters. The summed E-state index contributed by atoms with van der Waals surface area (Å²) in [5, 5.41) is 30.5. The number of nitrogens with zero attached hydrogens (tertiary/aromatic N) is 1. The third-order valence-electron chi connectivity index (χ3n) is 5.63. The highest BCUT2D eigenvalue weighted by Gasteiger charge is 2.51. The quantitative estimate of drug-likeness (QED) is 0.183. The maximum Gasteiger partial charge on any atom is 0.451 e. The van der Waals surface area contributed by atoms with E-state index in [9.17, 15) is 19.5 Å². The maximum atomic E-state index is 12.2. The molecule has 2 aliphatic rings. The van der Waals surface area contributed by atoms with E-state index >= 15 is 0 Å². The summed E-state index contributed by atoms with van der Waals surface area (Å²) < 4.78 is 5.06. The molecule has 2 fully saturated rings. The summed E-state index contributed by atoms with van der Waals surface area (Å²) in [6, 6.07) is 0. The Morgan fingerprint density at radius 3 is 2.50 bits per heavy atom. The molecule has 2 aliphatic heterocycles. The Balaban J connectivity index is 1.75. The zero-order valence-corrected chi connectivity index (χ0v) is 15.4. The lowest BCUT2D eigenvalue weighted by Gasteiger charge is -2.38. The molecule has 1 aromatic rings. The summed E-state index contributed by atoms with van der Waals surface area (Å²) in [4.78, 5) is 37.5. The van der Waals surface area contributed by atoms with Crippen molar-refractivity contribution in [1.82, 2.24) is 0 Å². The number of hydrogen-bond acceptors (Lipinski definition) is 10. The lowest BCUT2D eigenvalue weighted by molar-refractivity contribution is -0.144. The fourth-order valence-corrected chi connectivity index (χ4v) is 3.82. The summed E-state index contributed by atoms with van der Waals surface area (Å²) in [5.74, 6) is -1.72. The summed E-state index contributed by atoms with van der Waals surface area (Å²) in [5.41, 5.74) is 8.87. The van der Waals surface area contributed by atoms with Gasteiger partial charge in [0.05, 0.1) is 18.8 Å². The maximum absolute atomic E-state index is 12.2. The van der Waals surface area contributed by atoms with Crippen molar-refractivity contribution in [3.05, 3.63) is 20.4 Å². The van der Waals surface area contributed by atoms with Crippen LogP contribution in [0.4, 0.5) is 11.4 Å². The number of hydrogen-bond donors (Lipinski definition) is 6. The van der Waals surface area contributed by atoms with Gasteiger partial charge in [-0.2, -0.15) is 0 Å². The highest BCUT2D eigenvalue weighted by atomic mass is 16.5. The van der Waals surface area contributed by atoms with Gasteiger partial charge in [0.15, 0.2) is 0 Å². The van der Waals surface area contributed by atoms with E-state index in [-0.39, 0.29) is 37.3 Å². The van der Waals surface area contributed by atoms with Crippen LogP contribution in [0.25, 0.3) is 0 Å². The lowest BCUT2D eigenvalue weighted by Crippen LogP contribution is -2.62. The van der Waals surface area contributed by atoms with E-state index in [0.717, 1.165) is 0 Å². The summed E-state index contributed by atoms with van der Waals surface area (Å²) in [6.45, 7) is 1.01. The molecule has 12 heteroatoms. The average Bonchev–Trinajstić information content (AvgIpc) is 2.93. The summed E-state index contributed by atoms with van der Waals surface area (Å²) in [6.07, 6.45) is 0.813. The molecule has 3 rings (SSSR count). The minimum atomic E-state index is -1.60. The van der Waals surface area contributed by atoms with Gasteiger partial charge in [0.1, 0.15) is 16.9 Å².